The Kier molecular flexibility index (Phi) is 15.1. The molecule has 19 heavy (non-hydrogen) atoms. The van der Waals surface area contributed by atoms with Crippen LogP contribution in [0.5, 0.6) is 0 Å². The summed E-state index contributed by atoms with van der Waals surface area (Å²) < 4.78 is 9.71. The molecule has 3 nitrogen and oxygen atoms in total. The van der Waals surface area contributed by atoms with Crippen LogP contribution in [0.3, 0.4) is 0 Å². The number of hydrogen-bond donors (Lipinski definition) is 1. The molecule has 0 spiro atoms. The number of ether oxygens (including phenoxy) is 2. The average Bonchev–Trinajstić information content (AvgIpc) is 2.42. The Morgan fingerprint density at radius 2 is 1.53 bits per heavy atom. The molecule has 0 radical (unpaired) electrons. The van der Waals surface area contributed by atoms with Crippen LogP contribution in [-0.2, 0) is 9.47 Å². The number of hydrogen-bond acceptors (Lipinski definition) is 3. The van der Waals surface area contributed by atoms with E-state index in [4.69, 9.17) is 9.47 Å². The maximum atomic E-state index is 9.64. The van der Waals surface area contributed by atoms with Crippen molar-refractivity contribution in [3.8, 4) is 0 Å². The third kappa shape index (κ3) is 15.4. The Labute approximate surface area is 119 Å². The van der Waals surface area contributed by atoms with Crippen LogP contribution in [0.15, 0.2) is 12.3 Å². The highest BCUT2D eigenvalue weighted by molar-refractivity contribution is 4.82. The van der Waals surface area contributed by atoms with Crippen molar-refractivity contribution in [1.29, 1.82) is 0 Å². The molecule has 1 unspecified atom stereocenters. The molecular formula is C16H32O3. The maximum absolute atomic E-state index is 9.64. The van der Waals surface area contributed by atoms with Gasteiger partial charge in [-0.2, -0.15) is 0 Å². The molecule has 0 aromatic rings. The highest BCUT2D eigenvalue weighted by Crippen LogP contribution is 2.11. The lowest BCUT2D eigenvalue weighted by Crippen LogP contribution is -2.02. The molecule has 114 valence electrons. The fourth-order valence-corrected chi connectivity index (χ4v) is 2.01. The van der Waals surface area contributed by atoms with E-state index in [0.717, 1.165) is 12.8 Å². The summed E-state index contributed by atoms with van der Waals surface area (Å²) in [5.41, 5.74) is 0. The molecule has 0 aliphatic heterocycles. The predicted octanol–water partition coefficient (Wildman–Crippen LogP) is 4.40. The lowest BCUT2D eigenvalue weighted by atomic mass is 10.1. The van der Waals surface area contributed by atoms with Gasteiger partial charge in [0.1, 0.15) is 0 Å². The fourth-order valence-electron chi connectivity index (χ4n) is 2.01. The summed E-state index contributed by atoms with van der Waals surface area (Å²) in [5, 5.41) is 9.64. The van der Waals surface area contributed by atoms with E-state index in [0.29, 0.717) is 0 Å². The zero-order valence-electron chi connectivity index (χ0n) is 12.8. The summed E-state index contributed by atoms with van der Waals surface area (Å²) in [4.78, 5) is 0. The van der Waals surface area contributed by atoms with Gasteiger partial charge in [0, 0.05) is 7.11 Å². The third-order valence-electron chi connectivity index (χ3n) is 3.19. The van der Waals surface area contributed by atoms with E-state index in [-0.39, 0.29) is 12.9 Å². The molecule has 0 aromatic carbocycles. The number of aliphatic hydroxyl groups is 1. The Bertz CT molecular complexity index is 192. The standard InChI is InChI=1S/C16H32O3/c1-3-4-5-6-7-8-9-10-11-12-16(17)13-14-19-15-18-2/h13-14,16-17H,3-12,15H2,1-2H3/b14-13+. The summed E-state index contributed by atoms with van der Waals surface area (Å²) >= 11 is 0. The van der Waals surface area contributed by atoms with E-state index in [2.05, 4.69) is 6.92 Å². The largest absolute Gasteiger partial charge is 0.475 e. The Balaban J connectivity index is 3.18. The van der Waals surface area contributed by atoms with Crippen LogP contribution in [0.25, 0.3) is 0 Å². The molecule has 0 bridgehead atoms. The molecule has 0 saturated heterocycles. The molecule has 3 heteroatoms. The molecule has 0 rings (SSSR count). The average molecular weight is 272 g/mol. The first-order valence-electron chi connectivity index (χ1n) is 7.76. The minimum absolute atomic E-state index is 0.237. The molecule has 0 saturated carbocycles. The molecular weight excluding hydrogens is 240 g/mol. The zero-order chi connectivity index (χ0) is 14.2. The summed E-state index contributed by atoms with van der Waals surface area (Å²) in [6.07, 6.45) is 15.4. The molecule has 0 aromatic heterocycles. The molecule has 1 atom stereocenters. The summed E-state index contributed by atoms with van der Waals surface area (Å²) in [5.74, 6) is 0. The van der Waals surface area contributed by atoms with E-state index >= 15 is 0 Å². The lowest BCUT2D eigenvalue weighted by molar-refractivity contribution is 0.0186. The van der Waals surface area contributed by atoms with E-state index in [1.807, 2.05) is 0 Å². The molecule has 0 amide bonds. The second-order valence-electron chi connectivity index (χ2n) is 5.09. The lowest BCUT2D eigenvalue weighted by Gasteiger charge is -2.06. The summed E-state index contributed by atoms with van der Waals surface area (Å²) in [6.45, 7) is 2.49. The smallest absolute Gasteiger partial charge is 0.187 e. The number of rotatable bonds is 14. The normalized spacial score (nSPS) is 13.0. The van der Waals surface area contributed by atoms with Gasteiger partial charge >= 0.3 is 0 Å². The van der Waals surface area contributed by atoms with Crippen LogP contribution in [-0.4, -0.2) is 25.1 Å². The number of unbranched alkanes of at least 4 members (excludes halogenated alkanes) is 8. The second kappa shape index (κ2) is 15.5. The van der Waals surface area contributed by atoms with Crippen molar-refractivity contribution in [2.24, 2.45) is 0 Å². The highest BCUT2D eigenvalue weighted by Gasteiger charge is 1.99. The summed E-state index contributed by atoms with van der Waals surface area (Å²) in [6, 6.07) is 0. The third-order valence-corrected chi connectivity index (χ3v) is 3.19. The van der Waals surface area contributed by atoms with Crippen molar-refractivity contribution in [2.45, 2.75) is 77.2 Å². The minimum Gasteiger partial charge on any atom is -0.475 e. The van der Waals surface area contributed by atoms with E-state index in [1.165, 1.54) is 57.6 Å². The topological polar surface area (TPSA) is 38.7 Å². The van der Waals surface area contributed by atoms with Crippen LogP contribution >= 0.6 is 0 Å². The zero-order valence-corrected chi connectivity index (χ0v) is 12.8. The monoisotopic (exact) mass is 272 g/mol. The first-order valence-corrected chi connectivity index (χ1v) is 7.76. The Morgan fingerprint density at radius 1 is 0.947 bits per heavy atom. The van der Waals surface area contributed by atoms with Gasteiger partial charge in [-0.15, -0.1) is 0 Å². The SMILES string of the molecule is CCCCCCCCCCCC(O)/C=C/OCOC. The van der Waals surface area contributed by atoms with Gasteiger partial charge in [0.05, 0.1) is 12.4 Å². The molecule has 0 heterocycles. The van der Waals surface area contributed by atoms with E-state index < -0.39 is 0 Å². The van der Waals surface area contributed by atoms with Gasteiger partial charge in [-0.1, -0.05) is 64.7 Å². The van der Waals surface area contributed by atoms with Gasteiger partial charge in [-0.3, -0.25) is 0 Å². The van der Waals surface area contributed by atoms with Crippen molar-refractivity contribution >= 4 is 0 Å². The van der Waals surface area contributed by atoms with Gasteiger partial charge < -0.3 is 14.6 Å². The van der Waals surface area contributed by atoms with Gasteiger partial charge in [0.15, 0.2) is 6.79 Å². The highest BCUT2D eigenvalue weighted by atomic mass is 16.7. The first kappa shape index (κ1) is 18.5. The Morgan fingerprint density at radius 3 is 2.11 bits per heavy atom. The van der Waals surface area contributed by atoms with Crippen molar-refractivity contribution in [1.82, 2.24) is 0 Å². The van der Waals surface area contributed by atoms with Gasteiger partial charge in [0.25, 0.3) is 0 Å². The quantitative estimate of drug-likeness (QED) is 0.289. The van der Waals surface area contributed by atoms with Gasteiger partial charge in [-0.25, -0.2) is 0 Å². The Hall–Kier alpha value is -0.540. The fraction of sp³-hybridized carbons (Fsp3) is 0.875. The molecule has 0 fully saturated rings. The van der Waals surface area contributed by atoms with Crippen molar-refractivity contribution in [2.75, 3.05) is 13.9 Å². The van der Waals surface area contributed by atoms with Gasteiger partial charge in [0.2, 0.25) is 0 Å². The second-order valence-corrected chi connectivity index (χ2v) is 5.09. The van der Waals surface area contributed by atoms with Gasteiger partial charge in [-0.05, 0) is 12.5 Å². The van der Waals surface area contributed by atoms with E-state index in [9.17, 15) is 5.11 Å². The first-order chi connectivity index (χ1) is 9.31. The van der Waals surface area contributed by atoms with E-state index in [1.54, 1.807) is 13.2 Å². The predicted molar refractivity (Wildman–Crippen MR) is 80.0 cm³/mol. The maximum Gasteiger partial charge on any atom is 0.187 e. The van der Waals surface area contributed by atoms with Crippen molar-refractivity contribution < 1.29 is 14.6 Å². The molecule has 0 aliphatic rings. The molecule has 0 aliphatic carbocycles. The number of aliphatic hydroxyl groups excluding tert-OH is 1. The molecule has 1 N–H and O–H groups in total. The van der Waals surface area contributed by atoms with Crippen LogP contribution in [0.1, 0.15) is 71.1 Å². The van der Waals surface area contributed by atoms with Crippen molar-refractivity contribution in [3.05, 3.63) is 12.3 Å². The van der Waals surface area contributed by atoms with Crippen LogP contribution < -0.4 is 0 Å². The number of methoxy groups -OCH3 is 1. The van der Waals surface area contributed by atoms with Crippen LogP contribution in [0.4, 0.5) is 0 Å². The minimum atomic E-state index is -0.388. The van der Waals surface area contributed by atoms with Crippen molar-refractivity contribution in [3.63, 3.8) is 0 Å². The summed E-state index contributed by atoms with van der Waals surface area (Å²) in [7, 11) is 1.58. The van der Waals surface area contributed by atoms with Crippen LogP contribution in [0, 0.1) is 0 Å². The van der Waals surface area contributed by atoms with Crippen LogP contribution in [0.2, 0.25) is 0 Å².